The maximum absolute atomic E-state index is 11.2. The second-order valence-corrected chi connectivity index (χ2v) is 5.97. The Balaban J connectivity index is 2.55. The van der Waals surface area contributed by atoms with E-state index in [1.54, 1.807) is 13.0 Å². The molecule has 0 aliphatic heterocycles. The summed E-state index contributed by atoms with van der Waals surface area (Å²) in [6.07, 6.45) is 0. The van der Waals surface area contributed by atoms with Crippen molar-refractivity contribution in [2.45, 2.75) is 20.4 Å². The van der Waals surface area contributed by atoms with Gasteiger partial charge in [-0.25, -0.2) is 4.79 Å². The van der Waals surface area contributed by atoms with Crippen molar-refractivity contribution in [3.63, 3.8) is 0 Å². The minimum atomic E-state index is -0.901. The summed E-state index contributed by atoms with van der Waals surface area (Å²) in [5, 5.41) is 12.2. The maximum Gasteiger partial charge on any atom is 0.337 e. The highest BCUT2D eigenvalue weighted by Gasteiger charge is 2.13. The molecule has 1 heterocycles. The summed E-state index contributed by atoms with van der Waals surface area (Å²) in [7, 11) is 1.09. The molecule has 0 aromatic carbocycles. The number of carboxylic acids is 1. The number of aromatic carboxylic acids is 1. The molecule has 0 fully saturated rings. The van der Waals surface area contributed by atoms with Crippen molar-refractivity contribution < 1.29 is 14.1 Å². The lowest BCUT2D eigenvalue weighted by Gasteiger charge is -2.06. The second-order valence-electron chi connectivity index (χ2n) is 4.11. The van der Waals surface area contributed by atoms with Gasteiger partial charge in [0.15, 0.2) is 0 Å². The van der Waals surface area contributed by atoms with Crippen LogP contribution in [0, 0.1) is 6.92 Å². The number of hydrogen-bond donors (Lipinski definition) is 2. The van der Waals surface area contributed by atoms with Gasteiger partial charge in [0.1, 0.15) is 0 Å². The van der Waals surface area contributed by atoms with Gasteiger partial charge in [-0.05, 0) is 13.0 Å². The summed E-state index contributed by atoms with van der Waals surface area (Å²) in [5.41, 5.74) is 2.01. The predicted octanol–water partition coefficient (Wildman–Crippen LogP) is 0.890. The summed E-state index contributed by atoms with van der Waals surface area (Å²) in [5.74, 6) is 0.404. The first-order chi connectivity index (χ1) is 8.47. The molecular weight excluding hydrogens is 252 g/mol. The van der Waals surface area contributed by atoms with Gasteiger partial charge < -0.3 is 15.0 Å². The van der Waals surface area contributed by atoms with Gasteiger partial charge in [0, 0.05) is 53.8 Å². The van der Waals surface area contributed by atoms with Crippen LogP contribution in [0.4, 0.5) is 0 Å². The summed E-state index contributed by atoms with van der Waals surface area (Å²) >= 11 is 0. The molecule has 0 radical (unpaired) electrons. The molecular formula is C12H20N2O3S. The van der Waals surface area contributed by atoms with Crippen LogP contribution in [0.25, 0.3) is 0 Å². The van der Waals surface area contributed by atoms with Gasteiger partial charge in [0.05, 0.1) is 5.56 Å². The molecule has 1 rings (SSSR count). The van der Waals surface area contributed by atoms with Crippen LogP contribution in [0.3, 0.4) is 0 Å². The van der Waals surface area contributed by atoms with E-state index in [9.17, 15) is 9.00 Å². The fourth-order valence-corrected chi connectivity index (χ4v) is 2.36. The van der Waals surface area contributed by atoms with Gasteiger partial charge in [0.25, 0.3) is 0 Å². The van der Waals surface area contributed by atoms with E-state index in [-0.39, 0.29) is 0 Å². The molecule has 0 amide bonds. The van der Waals surface area contributed by atoms with Crippen LogP contribution in [0.2, 0.25) is 0 Å². The molecule has 1 aromatic rings. The van der Waals surface area contributed by atoms with E-state index in [1.165, 1.54) is 0 Å². The lowest BCUT2D eigenvalue weighted by atomic mass is 10.2. The number of aromatic nitrogens is 1. The Kier molecular flexibility index (Phi) is 5.55. The van der Waals surface area contributed by atoms with Crippen molar-refractivity contribution in [3.8, 4) is 0 Å². The highest BCUT2D eigenvalue weighted by molar-refractivity contribution is 7.84. The predicted molar refractivity (Wildman–Crippen MR) is 72.4 cm³/mol. The fourth-order valence-electron chi connectivity index (χ4n) is 1.70. The monoisotopic (exact) mass is 272 g/mol. The van der Waals surface area contributed by atoms with Crippen LogP contribution < -0.4 is 5.32 Å². The van der Waals surface area contributed by atoms with Crippen LogP contribution in [0.15, 0.2) is 6.07 Å². The van der Waals surface area contributed by atoms with E-state index in [0.29, 0.717) is 30.2 Å². The largest absolute Gasteiger partial charge is 0.478 e. The number of nitrogens with zero attached hydrogens (tertiary/aromatic N) is 1. The normalized spacial score (nSPS) is 12.6. The Morgan fingerprint density at radius 1 is 1.56 bits per heavy atom. The first-order valence-corrected chi connectivity index (χ1v) is 7.40. The molecule has 0 bridgehead atoms. The lowest BCUT2D eigenvalue weighted by molar-refractivity contribution is 0.0696. The minimum Gasteiger partial charge on any atom is -0.478 e. The quantitative estimate of drug-likeness (QED) is 0.723. The Labute approximate surface area is 110 Å². The smallest absolute Gasteiger partial charge is 0.337 e. The first-order valence-electron chi connectivity index (χ1n) is 5.91. The molecule has 18 heavy (non-hydrogen) atoms. The SMILES string of the molecule is CCS(=O)CCNCc1cc(C(=O)O)c(C)n1C. The molecule has 6 heteroatoms. The number of nitrogens with one attached hydrogen (secondary N) is 1. The van der Waals surface area contributed by atoms with Crippen molar-refractivity contribution in [2.75, 3.05) is 18.1 Å². The Hall–Kier alpha value is -1.14. The van der Waals surface area contributed by atoms with Crippen LogP contribution in [0.5, 0.6) is 0 Å². The van der Waals surface area contributed by atoms with Gasteiger partial charge in [-0.2, -0.15) is 0 Å². The number of carboxylic acid groups (broad SMARTS) is 1. The Bertz CT molecular complexity index is 454. The summed E-state index contributed by atoms with van der Waals surface area (Å²) in [6, 6.07) is 1.68. The zero-order valence-corrected chi connectivity index (χ0v) is 11.8. The molecule has 0 aliphatic rings. The molecule has 1 aromatic heterocycles. The van der Waals surface area contributed by atoms with Gasteiger partial charge >= 0.3 is 5.97 Å². The van der Waals surface area contributed by atoms with E-state index >= 15 is 0 Å². The fraction of sp³-hybridized carbons (Fsp3) is 0.583. The van der Waals surface area contributed by atoms with E-state index in [2.05, 4.69) is 5.32 Å². The van der Waals surface area contributed by atoms with E-state index in [4.69, 9.17) is 5.11 Å². The van der Waals surface area contributed by atoms with Crippen LogP contribution in [0.1, 0.15) is 28.7 Å². The Morgan fingerprint density at radius 3 is 2.72 bits per heavy atom. The van der Waals surface area contributed by atoms with Crippen molar-refractivity contribution in [3.05, 3.63) is 23.0 Å². The topological polar surface area (TPSA) is 71.3 Å². The highest BCUT2D eigenvalue weighted by Crippen LogP contribution is 2.13. The minimum absolute atomic E-state index is 0.339. The van der Waals surface area contributed by atoms with Crippen molar-refractivity contribution in [2.24, 2.45) is 7.05 Å². The van der Waals surface area contributed by atoms with Crippen LogP contribution in [-0.4, -0.2) is 37.9 Å². The van der Waals surface area contributed by atoms with Gasteiger partial charge in [0.2, 0.25) is 0 Å². The summed E-state index contributed by atoms with van der Waals surface area (Å²) in [4.78, 5) is 11.0. The molecule has 5 nitrogen and oxygen atoms in total. The van der Waals surface area contributed by atoms with Crippen molar-refractivity contribution in [1.82, 2.24) is 9.88 Å². The molecule has 0 saturated carbocycles. The highest BCUT2D eigenvalue weighted by atomic mass is 32.2. The third kappa shape index (κ3) is 3.68. The third-order valence-electron chi connectivity index (χ3n) is 3.00. The molecule has 102 valence electrons. The zero-order chi connectivity index (χ0) is 13.7. The average Bonchev–Trinajstić information content (AvgIpc) is 2.62. The second kappa shape index (κ2) is 6.70. The molecule has 0 spiro atoms. The number of carbonyl (C=O) groups is 1. The van der Waals surface area contributed by atoms with Crippen molar-refractivity contribution >= 4 is 16.8 Å². The van der Waals surface area contributed by atoms with E-state index in [0.717, 1.165) is 11.4 Å². The molecule has 0 saturated heterocycles. The van der Waals surface area contributed by atoms with Gasteiger partial charge in [-0.15, -0.1) is 0 Å². The average molecular weight is 272 g/mol. The van der Waals surface area contributed by atoms with Gasteiger partial charge in [-0.1, -0.05) is 6.92 Å². The summed E-state index contributed by atoms with van der Waals surface area (Å²) in [6.45, 7) is 4.95. The molecule has 1 atom stereocenters. The van der Waals surface area contributed by atoms with Crippen LogP contribution in [-0.2, 0) is 24.4 Å². The van der Waals surface area contributed by atoms with E-state index in [1.807, 2.05) is 18.5 Å². The first kappa shape index (κ1) is 14.9. The molecule has 0 aliphatic carbocycles. The Morgan fingerprint density at radius 2 is 2.22 bits per heavy atom. The zero-order valence-electron chi connectivity index (χ0n) is 11.0. The van der Waals surface area contributed by atoms with E-state index < -0.39 is 16.8 Å². The summed E-state index contributed by atoms with van der Waals surface area (Å²) < 4.78 is 13.1. The lowest BCUT2D eigenvalue weighted by Crippen LogP contribution is -2.21. The van der Waals surface area contributed by atoms with Gasteiger partial charge in [-0.3, -0.25) is 4.21 Å². The maximum atomic E-state index is 11.2. The number of hydrogen-bond acceptors (Lipinski definition) is 3. The van der Waals surface area contributed by atoms with Crippen molar-refractivity contribution in [1.29, 1.82) is 0 Å². The molecule has 1 unspecified atom stereocenters. The standard InChI is InChI=1S/C12H20N2O3S/c1-4-18(17)6-5-13-8-10-7-11(12(15)16)9(2)14(10)3/h7,13H,4-6,8H2,1-3H3,(H,15,16). The van der Waals surface area contributed by atoms with Crippen LogP contribution >= 0.6 is 0 Å². The molecule has 2 N–H and O–H groups in total. The third-order valence-corrected chi connectivity index (χ3v) is 4.30. The number of rotatable bonds is 7.